The summed E-state index contributed by atoms with van der Waals surface area (Å²) in [6.45, 7) is -0.529. The van der Waals surface area contributed by atoms with Crippen molar-refractivity contribution in [3.8, 4) is 5.75 Å². The van der Waals surface area contributed by atoms with Gasteiger partial charge >= 0.3 is 0 Å². The number of rotatable bonds is 12. The zero-order valence-electron chi connectivity index (χ0n) is 21.9. The molecule has 0 bridgehead atoms. The maximum absolute atomic E-state index is 13.2. The molecule has 0 fully saturated rings. The van der Waals surface area contributed by atoms with Crippen LogP contribution >= 0.6 is 11.6 Å². The van der Waals surface area contributed by atoms with Gasteiger partial charge in [0.2, 0.25) is 16.3 Å². The summed E-state index contributed by atoms with van der Waals surface area (Å²) >= 11 is 6.06. The van der Waals surface area contributed by atoms with Crippen molar-refractivity contribution < 1.29 is 32.5 Å². The van der Waals surface area contributed by atoms with Crippen LogP contribution in [0.1, 0.15) is 17.9 Å². The highest BCUT2D eigenvalue weighted by Crippen LogP contribution is 2.32. The minimum Gasteiger partial charge on any atom is -0.497 e. The van der Waals surface area contributed by atoms with Gasteiger partial charge < -0.3 is 24.6 Å². The van der Waals surface area contributed by atoms with Gasteiger partial charge in [0.1, 0.15) is 5.75 Å². The number of allylic oxidation sites excluding steroid dienone is 1. The van der Waals surface area contributed by atoms with Crippen molar-refractivity contribution in [2.24, 2.45) is 0 Å². The standard InChI is InChI=1S/C29H31ClN2O7S/c1-37-25-11-13-26(14-12-25)40(35,36)32(15-17-33)16-18-38-28-20-22(21-7-9-23(30)10-8-21)19-27(39-28)29(34)31-24-5-3-2-4-6-24/h2-14,19,22,28,33H,15-18,20H2,1H3,(H,31,34)/t22-,28+/m1/s1. The maximum Gasteiger partial charge on any atom is 0.290 e. The van der Waals surface area contributed by atoms with Crippen molar-refractivity contribution in [2.45, 2.75) is 23.5 Å². The smallest absolute Gasteiger partial charge is 0.290 e. The van der Waals surface area contributed by atoms with E-state index in [9.17, 15) is 18.3 Å². The fraction of sp³-hybridized carbons (Fsp3) is 0.276. The molecule has 1 amide bonds. The number of hydrogen-bond acceptors (Lipinski definition) is 7. The Morgan fingerprint density at radius 1 is 1.05 bits per heavy atom. The molecule has 1 heterocycles. The van der Waals surface area contributed by atoms with Gasteiger partial charge in [0, 0.05) is 36.1 Å². The average Bonchev–Trinajstić information content (AvgIpc) is 2.97. The second kappa shape index (κ2) is 13.8. The molecule has 11 heteroatoms. The van der Waals surface area contributed by atoms with Gasteiger partial charge in [-0.1, -0.05) is 41.9 Å². The van der Waals surface area contributed by atoms with Crippen LogP contribution in [0.4, 0.5) is 5.69 Å². The quantitative estimate of drug-likeness (QED) is 0.323. The van der Waals surface area contributed by atoms with Gasteiger partial charge in [-0.15, -0.1) is 0 Å². The summed E-state index contributed by atoms with van der Waals surface area (Å²) in [6.07, 6.45) is 1.32. The van der Waals surface area contributed by atoms with E-state index in [4.69, 9.17) is 25.8 Å². The number of sulfonamides is 1. The van der Waals surface area contributed by atoms with Gasteiger partial charge in [0.15, 0.2) is 5.76 Å². The number of para-hydroxylation sites is 1. The van der Waals surface area contributed by atoms with Crippen molar-refractivity contribution >= 4 is 33.2 Å². The summed E-state index contributed by atoms with van der Waals surface area (Å²) in [6, 6.07) is 22.3. The Kier molecular flexibility index (Phi) is 10.2. The third-order valence-corrected chi connectivity index (χ3v) is 8.47. The van der Waals surface area contributed by atoms with E-state index in [1.807, 2.05) is 30.3 Å². The number of nitrogens with zero attached hydrogens (tertiary/aromatic N) is 1. The molecule has 0 saturated carbocycles. The molecule has 4 rings (SSSR count). The zero-order valence-corrected chi connectivity index (χ0v) is 23.5. The summed E-state index contributed by atoms with van der Waals surface area (Å²) in [5.41, 5.74) is 1.54. The van der Waals surface area contributed by atoms with Crippen molar-refractivity contribution in [3.05, 3.63) is 101 Å². The predicted octanol–water partition coefficient (Wildman–Crippen LogP) is 4.40. The number of nitrogens with one attached hydrogen (secondary N) is 1. The molecule has 3 aromatic carbocycles. The molecule has 40 heavy (non-hydrogen) atoms. The molecule has 0 aromatic heterocycles. The molecule has 212 valence electrons. The summed E-state index contributed by atoms with van der Waals surface area (Å²) in [4.78, 5) is 13.1. The Morgan fingerprint density at radius 2 is 1.75 bits per heavy atom. The fourth-order valence-electron chi connectivity index (χ4n) is 4.22. The number of amides is 1. The minimum atomic E-state index is -3.90. The maximum atomic E-state index is 13.2. The summed E-state index contributed by atoms with van der Waals surface area (Å²) in [5, 5.41) is 12.9. The Balaban J connectivity index is 1.46. The molecular weight excluding hydrogens is 556 g/mol. The van der Waals surface area contributed by atoms with E-state index in [-0.39, 0.29) is 42.9 Å². The number of carbonyl (C=O) groups is 1. The van der Waals surface area contributed by atoms with Crippen LogP contribution in [-0.4, -0.2) is 63.4 Å². The number of aliphatic hydroxyl groups excluding tert-OH is 1. The number of anilines is 1. The molecule has 0 unspecified atom stereocenters. The Labute approximate surface area is 239 Å². The number of ether oxygens (including phenoxy) is 3. The predicted molar refractivity (Wildman–Crippen MR) is 152 cm³/mol. The number of carbonyl (C=O) groups excluding carboxylic acids is 1. The first-order valence-electron chi connectivity index (χ1n) is 12.7. The Hall–Kier alpha value is -3.41. The third kappa shape index (κ3) is 7.61. The molecule has 1 aliphatic heterocycles. The molecule has 1 aliphatic rings. The first kappa shape index (κ1) is 29.6. The van der Waals surface area contributed by atoms with E-state index in [0.717, 1.165) is 9.87 Å². The van der Waals surface area contributed by atoms with Crippen LogP contribution in [0.15, 0.2) is 95.6 Å². The van der Waals surface area contributed by atoms with E-state index < -0.39 is 22.2 Å². The van der Waals surface area contributed by atoms with Crippen LogP contribution in [0, 0.1) is 0 Å². The summed E-state index contributed by atoms with van der Waals surface area (Å²) in [7, 11) is -2.40. The van der Waals surface area contributed by atoms with Gasteiger partial charge in [0.25, 0.3) is 5.91 Å². The summed E-state index contributed by atoms with van der Waals surface area (Å²) in [5.74, 6) is -0.00877. The molecule has 3 aromatic rings. The summed E-state index contributed by atoms with van der Waals surface area (Å²) < 4.78 is 44.5. The largest absolute Gasteiger partial charge is 0.497 e. The normalized spacial score (nSPS) is 17.1. The Bertz CT molecular complexity index is 1400. The first-order valence-corrected chi connectivity index (χ1v) is 14.5. The second-order valence-corrected chi connectivity index (χ2v) is 11.3. The third-order valence-electron chi connectivity index (χ3n) is 6.30. The molecule has 2 N–H and O–H groups in total. The highest BCUT2D eigenvalue weighted by molar-refractivity contribution is 7.89. The van der Waals surface area contributed by atoms with Crippen LogP contribution in [0.2, 0.25) is 5.02 Å². The van der Waals surface area contributed by atoms with Crippen molar-refractivity contribution in [3.63, 3.8) is 0 Å². The lowest BCUT2D eigenvalue weighted by molar-refractivity contribution is -0.143. The second-order valence-electron chi connectivity index (χ2n) is 8.97. The van der Waals surface area contributed by atoms with Crippen molar-refractivity contribution in [1.82, 2.24) is 4.31 Å². The lowest BCUT2D eigenvalue weighted by Gasteiger charge is -2.30. The van der Waals surface area contributed by atoms with Gasteiger partial charge in [-0.3, -0.25) is 4.79 Å². The highest BCUT2D eigenvalue weighted by atomic mass is 35.5. The van der Waals surface area contributed by atoms with Crippen molar-refractivity contribution in [1.29, 1.82) is 0 Å². The molecule has 0 saturated heterocycles. The molecule has 0 aliphatic carbocycles. The lowest BCUT2D eigenvalue weighted by Crippen LogP contribution is -2.37. The lowest BCUT2D eigenvalue weighted by atomic mass is 9.93. The minimum absolute atomic E-state index is 0.0268. The van der Waals surface area contributed by atoms with Crippen molar-refractivity contribution in [2.75, 3.05) is 38.7 Å². The van der Waals surface area contributed by atoms with Gasteiger partial charge in [-0.2, -0.15) is 4.31 Å². The number of halogens is 1. The van der Waals surface area contributed by atoms with E-state index in [1.54, 1.807) is 42.5 Å². The monoisotopic (exact) mass is 586 g/mol. The van der Waals surface area contributed by atoms with E-state index in [0.29, 0.717) is 22.9 Å². The zero-order chi connectivity index (χ0) is 28.5. The number of aliphatic hydroxyl groups is 1. The van der Waals surface area contributed by atoms with E-state index in [1.165, 1.54) is 19.2 Å². The Morgan fingerprint density at radius 3 is 2.40 bits per heavy atom. The molecular formula is C29H31ClN2O7S. The van der Waals surface area contributed by atoms with Crippen LogP contribution in [-0.2, 0) is 24.3 Å². The molecule has 2 atom stereocenters. The first-order chi connectivity index (χ1) is 19.3. The van der Waals surface area contributed by atoms with E-state index >= 15 is 0 Å². The highest BCUT2D eigenvalue weighted by Gasteiger charge is 2.30. The molecule has 9 nitrogen and oxygen atoms in total. The topological polar surface area (TPSA) is 114 Å². The molecule has 0 spiro atoms. The number of benzene rings is 3. The van der Waals surface area contributed by atoms with Gasteiger partial charge in [-0.05, 0) is 60.2 Å². The van der Waals surface area contributed by atoms with Crippen LogP contribution in [0.25, 0.3) is 0 Å². The van der Waals surface area contributed by atoms with Crippen LogP contribution < -0.4 is 10.1 Å². The SMILES string of the molecule is COc1ccc(S(=O)(=O)N(CCO)CCO[C@@H]2C[C@H](c3ccc(Cl)cc3)C=C(C(=O)Nc3ccccc3)O2)cc1. The fourth-order valence-corrected chi connectivity index (χ4v) is 5.76. The van der Waals surface area contributed by atoms with E-state index in [2.05, 4.69) is 5.32 Å². The number of hydrogen-bond donors (Lipinski definition) is 2. The number of methoxy groups -OCH3 is 1. The van der Waals surface area contributed by atoms with Crippen LogP contribution in [0.3, 0.4) is 0 Å². The van der Waals surface area contributed by atoms with Gasteiger partial charge in [-0.25, -0.2) is 8.42 Å². The van der Waals surface area contributed by atoms with Gasteiger partial charge in [0.05, 0.1) is 25.2 Å². The van der Waals surface area contributed by atoms with Crippen LogP contribution in [0.5, 0.6) is 5.75 Å². The average molecular weight is 587 g/mol. The molecule has 0 radical (unpaired) electrons.